The first-order valence-electron chi connectivity index (χ1n) is 6.14. The molecule has 0 aliphatic heterocycles. The number of hydrogen-bond donors (Lipinski definition) is 1. The molecule has 0 amide bonds. The predicted octanol–water partition coefficient (Wildman–Crippen LogP) is 1.68. The van der Waals surface area contributed by atoms with Gasteiger partial charge in [0.25, 0.3) is 0 Å². The van der Waals surface area contributed by atoms with Crippen molar-refractivity contribution in [2.45, 2.75) is 20.3 Å². The lowest BCUT2D eigenvalue weighted by atomic mass is 10.2. The third-order valence-corrected chi connectivity index (χ3v) is 2.71. The summed E-state index contributed by atoms with van der Waals surface area (Å²) in [6, 6.07) is 0. The Kier molecular flexibility index (Phi) is 5.19. The number of aryl methyl sites for hydroxylation is 2. The van der Waals surface area contributed by atoms with Gasteiger partial charge in [-0.15, -0.1) is 6.42 Å². The van der Waals surface area contributed by atoms with Crippen molar-refractivity contribution in [2.75, 3.05) is 18.0 Å². The molecule has 0 aliphatic carbocycles. The van der Waals surface area contributed by atoms with E-state index in [9.17, 15) is 4.79 Å². The van der Waals surface area contributed by atoms with Gasteiger partial charge in [-0.3, -0.25) is 4.68 Å². The standard InChI is InChI=1S/C14H19N3O2/c1-5-9-17(10-6-2)14-12(7-8-13(18)19)11(3)15-16(14)4/h1,7-8H,6,9-10H2,2-4H3,(H,18,19)/b8-7+. The van der Waals surface area contributed by atoms with Gasteiger partial charge >= 0.3 is 5.97 Å². The summed E-state index contributed by atoms with van der Waals surface area (Å²) in [4.78, 5) is 12.7. The van der Waals surface area contributed by atoms with Gasteiger partial charge in [-0.2, -0.15) is 5.10 Å². The molecule has 0 spiro atoms. The Morgan fingerprint density at radius 3 is 2.84 bits per heavy atom. The fourth-order valence-electron chi connectivity index (χ4n) is 2.03. The van der Waals surface area contributed by atoms with E-state index in [1.54, 1.807) is 10.8 Å². The van der Waals surface area contributed by atoms with Crippen molar-refractivity contribution in [3.05, 3.63) is 17.3 Å². The molecule has 5 heteroatoms. The Morgan fingerprint density at radius 1 is 1.63 bits per heavy atom. The number of terminal acetylenes is 1. The van der Waals surface area contributed by atoms with E-state index in [4.69, 9.17) is 11.5 Å². The minimum absolute atomic E-state index is 0.473. The Morgan fingerprint density at radius 2 is 2.32 bits per heavy atom. The molecule has 5 nitrogen and oxygen atoms in total. The number of aliphatic carboxylic acids is 1. The zero-order valence-electron chi connectivity index (χ0n) is 11.6. The Balaban J connectivity index is 3.24. The first-order valence-corrected chi connectivity index (χ1v) is 6.14. The summed E-state index contributed by atoms with van der Waals surface area (Å²) in [5.74, 6) is 2.50. The van der Waals surface area contributed by atoms with Crippen molar-refractivity contribution >= 4 is 17.9 Å². The predicted molar refractivity (Wildman–Crippen MR) is 76.0 cm³/mol. The fraction of sp³-hybridized carbons (Fsp3) is 0.429. The van der Waals surface area contributed by atoms with Crippen LogP contribution in [0.3, 0.4) is 0 Å². The number of carboxylic acid groups (broad SMARTS) is 1. The monoisotopic (exact) mass is 261 g/mol. The minimum atomic E-state index is -0.979. The number of rotatable bonds is 6. The first-order chi connectivity index (χ1) is 9.01. The molecule has 0 atom stereocenters. The first kappa shape index (κ1) is 14.8. The second-order valence-corrected chi connectivity index (χ2v) is 4.24. The summed E-state index contributed by atoms with van der Waals surface area (Å²) in [5, 5.41) is 13.1. The topological polar surface area (TPSA) is 58.4 Å². The van der Waals surface area contributed by atoms with E-state index >= 15 is 0 Å². The van der Waals surface area contributed by atoms with Crippen LogP contribution < -0.4 is 4.90 Å². The summed E-state index contributed by atoms with van der Waals surface area (Å²) >= 11 is 0. The van der Waals surface area contributed by atoms with E-state index in [1.165, 1.54) is 0 Å². The zero-order chi connectivity index (χ0) is 14.4. The van der Waals surface area contributed by atoms with E-state index in [2.05, 4.69) is 17.9 Å². The third-order valence-electron chi connectivity index (χ3n) is 2.71. The maximum atomic E-state index is 10.7. The molecule has 1 aromatic heterocycles. The molecular formula is C14H19N3O2. The van der Waals surface area contributed by atoms with Gasteiger partial charge in [0.05, 0.1) is 12.2 Å². The van der Waals surface area contributed by atoms with Crippen LogP contribution in [0.2, 0.25) is 0 Å². The van der Waals surface area contributed by atoms with E-state index in [1.807, 2.05) is 18.9 Å². The van der Waals surface area contributed by atoms with Gasteiger partial charge in [-0.1, -0.05) is 12.8 Å². The van der Waals surface area contributed by atoms with Crippen molar-refractivity contribution in [2.24, 2.45) is 7.05 Å². The van der Waals surface area contributed by atoms with Crippen LogP contribution >= 0.6 is 0 Å². The normalized spacial score (nSPS) is 10.6. The fourth-order valence-corrected chi connectivity index (χ4v) is 2.03. The van der Waals surface area contributed by atoms with Crippen LogP contribution in [0.25, 0.3) is 6.08 Å². The Labute approximate surface area is 113 Å². The molecule has 0 aromatic carbocycles. The van der Waals surface area contributed by atoms with Gasteiger partial charge in [-0.05, 0) is 19.4 Å². The van der Waals surface area contributed by atoms with Crippen molar-refractivity contribution < 1.29 is 9.90 Å². The summed E-state index contributed by atoms with van der Waals surface area (Å²) in [5.41, 5.74) is 1.58. The van der Waals surface area contributed by atoms with E-state index < -0.39 is 5.97 Å². The molecule has 0 aliphatic rings. The van der Waals surface area contributed by atoms with E-state index in [-0.39, 0.29) is 0 Å². The SMILES string of the molecule is C#CCN(CCC)c1c(/C=C/C(=O)O)c(C)nn1C. The molecule has 0 saturated heterocycles. The van der Waals surface area contributed by atoms with E-state index in [0.29, 0.717) is 6.54 Å². The smallest absolute Gasteiger partial charge is 0.328 e. The number of carbonyl (C=O) groups is 1. The molecule has 1 heterocycles. The minimum Gasteiger partial charge on any atom is -0.478 e. The number of hydrogen-bond acceptors (Lipinski definition) is 3. The second kappa shape index (κ2) is 6.64. The Hall–Kier alpha value is -2.22. The number of carboxylic acids is 1. The van der Waals surface area contributed by atoms with E-state index in [0.717, 1.165) is 36.1 Å². The summed E-state index contributed by atoms with van der Waals surface area (Å²) in [7, 11) is 1.83. The molecule has 1 rings (SSSR count). The number of aromatic nitrogens is 2. The van der Waals surface area contributed by atoms with Gasteiger partial charge in [0.1, 0.15) is 5.82 Å². The summed E-state index contributed by atoms with van der Waals surface area (Å²) < 4.78 is 1.74. The molecule has 102 valence electrons. The molecule has 0 bridgehead atoms. The lowest BCUT2D eigenvalue weighted by Gasteiger charge is -2.22. The summed E-state index contributed by atoms with van der Waals surface area (Å²) in [6.07, 6.45) is 9.03. The zero-order valence-corrected chi connectivity index (χ0v) is 11.6. The number of anilines is 1. The maximum absolute atomic E-state index is 10.7. The maximum Gasteiger partial charge on any atom is 0.328 e. The van der Waals surface area contributed by atoms with Crippen LogP contribution in [-0.2, 0) is 11.8 Å². The largest absolute Gasteiger partial charge is 0.478 e. The molecule has 1 aromatic rings. The third kappa shape index (κ3) is 3.62. The second-order valence-electron chi connectivity index (χ2n) is 4.24. The molecule has 1 N–H and O–H groups in total. The highest BCUT2D eigenvalue weighted by molar-refractivity contribution is 5.87. The van der Waals surface area contributed by atoms with Crippen LogP contribution in [0.5, 0.6) is 0 Å². The van der Waals surface area contributed by atoms with Crippen LogP contribution in [0.4, 0.5) is 5.82 Å². The average Bonchev–Trinajstić information content (AvgIpc) is 2.61. The van der Waals surface area contributed by atoms with Crippen molar-refractivity contribution in [3.8, 4) is 12.3 Å². The van der Waals surface area contributed by atoms with Crippen molar-refractivity contribution in [3.63, 3.8) is 0 Å². The highest BCUT2D eigenvalue weighted by Gasteiger charge is 2.16. The molecular weight excluding hydrogens is 242 g/mol. The Bertz CT molecular complexity index is 524. The van der Waals surface area contributed by atoms with Crippen molar-refractivity contribution in [1.82, 2.24) is 9.78 Å². The average molecular weight is 261 g/mol. The van der Waals surface area contributed by atoms with Crippen LogP contribution in [0, 0.1) is 19.3 Å². The van der Waals surface area contributed by atoms with Gasteiger partial charge in [0, 0.05) is 25.2 Å². The van der Waals surface area contributed by atoms with Gasteiger partial charge in [0.2, 0.25) is 0 Å². The van der Waals surface area contributed by atoms with Gasteiger partial charge < -0.3 is 10.0 Å². The lowest BCUT2D eigenvalue weighted by molar-refractivity contribution is -0.131. The lowest BCUT2D eigenvalue weighted by Crippen LogP contribution is -2.27. The highest BCUT2D eigenvalue weighted by atomic mass is 16.4. The molecule has 19 heavy (non-hydrogen) atoms. The van der Waals surface area contributed by atoms with Crippen LogP contribution in [0.15, 0.2) is 6.08 Å². The van der Waals surface area contributed by atoms with Crippen LogP contribution in [0.1, 0.15) is 24.6 Å². The highest BCUT2D eigenvalue weighted by Crippen LogP contribution is 2.24. The van der Waals surface area contributed by atoms with Crippen molar-refractivity contribution in [1.29, 1.82) is 0 Å². The number of nitrogens with zero attached hydrogens (tertiary/aromatic N) is 3. The molecule has 0 fully saturated rings. The van der Waals surface area contributed by atoms with Crippen LogP contribution in [-0.4, -0.2) is 33.9 Å². The molecule has 0 unspecified atom stereocenters. The van der Waals surface area contributed by atoms with Gasteiger partial charge in [-0.25, -0.2) is 4.79 Å². The quantitative estimate of drug-likeness (QED) is 0.625. The molecule has 0 radical (unpaired) electrons. The molecule has 0 saturated carbocycles. The summed E-state index contributed by atoms with van der Waals surface area (Å²) in [6.45, 7) is 5.20. The van der Waals surface area contributed by atoms with Gasteiger partial charge in [0.15, 0.2) is 0 Å².